The number of sulfonamides is 1. The number of rotatable bonds is 9. The predicted octanol–water partition coefficient (Wildman–Crippen LogP) is 6.15. The number of likely N-dealkylation sites (tertiary alicyclic amines) is 1. The third-order valence-electron chi connectivity index (χ3n) is 7.51. The quantitative estimate of drug-likeness (QED) is 0.215. The third kappa shape index (κ3) is 6.24. The number of anilines is 1. The maximum Gasteiger partial charge on any atom is 0.268 e. The molecule has 1 aromatic heterocycles. The fraction of sp³-hybridized carbons (Fsp3) is 0.344. The van der Waals surface area contributed by atoms with Gasteiger partial charge in [0.05, 0.1) is 4.90 Å². The molecule has 0 unspecified atom stereocenters. The van der Waals surface area contributed by atoms with E-state index in [0.29, 0.717) is 17.9 Å². The van der Waals surface area contributed by atoms with Crippen LogP contribution in [0.15, 0.2) is 77.7 Å². The Morgan fingerprint density at radius 3 is 2.33 bits per heavy atom. The van der Waals surface area contributed by atoms with Gasteiger partial charge < -0.3 is 15.2 Å². The molecule has 1 fully saturated rings. The summed E-state index contributed by atoms with van der Waals surface area (Å²) in [7, 11) is -3.80. The summed E-state index contributed by atoms with van der Waals surface area (Å²) in [6, 6.07) is 22.0. The average molecular weight is 559 g/mol. The molecule has 1 aliphatic rings. The molecule has 0 aliphatic carbocycles. The van der Waals surface area contributed by atoms with Gasteiger partial charge in [0.2, 0.25) is 0 Å². The Hall–Kier alpha value is -3.62. The topological polar surface area (TPSA) is 94.3 Å². The summed E-state index contributed by atoms with van der Waals surface area (Å²) < 4.78 is 29.2. The van der Waals surface area contributed by atoms with Crippen LogP contribution in [0, 0.1) is 0 Å². The Morgan fingerprint density at radius 2 is 1.65 bits per heavy atom. The lowest BCUT2D eigenvalue weighted by Crippen LogP contribution is -2.29. The average Bonchev–Trinajstić information content (AvgIpc) is 3.59. The predicted molar refractivity (Wildman–Crippen MR) is 162 cm³/mol. The number of fused-ring (bicyclic) bond motifs is 1. The molecule has 210 valence electrons. The standard InChI is InChI=1S/C32H38N4O3S/c1-32(2,3)24-12-15-26(16-13-24)40(38,39)35-25-14-17-28-27(22-25)29(23-10-5-4-6-11-23)30(34-28)31(37)33-18-9-21-36-19-7-8-20-36/h4-6,10-17,22,34-35H,7-9,18-21H2,1-3H3,(H,33,37). The summed E-state index contributed by atoms with van der Waals surface area (Å²) >= 11 is 0. The summed E-state index contributed by atoms with van der Waals surface area (Å²) in [6.07, 6.45) is 3.41. The van der Waals surface area contributed by atoms with E-state index in [0.717, 1.165) is 53.6 Å². The number of carbonyl (C=O) groups is 1. The van der Waals surface area contributed by atoms with Crippen molar-refractivity contribution in [1.29, 1.82) is 0 Å². The van der Waals surface area contributed by atoms with Crippen LogP contribution >= 0.6 is 0 Å². The molecule has 4 aromatic rings. The number of benzene rings is 3. The zero-order chi connectivity index (χ0) is 28.3. The molecule has 2 heterocycles. The van der Waals surface area contributed by atoms with Gasteiger partial charge in [-0.3, -0.25) is 9.52 Å². The van der Waals surface area contributed by atoms with Gasteiger partial charge in [-0.2, -0.15) is 0 Å². The van der Waals surface area contributed by atoms with E-state index in [-0.39, 0.29) is 16.2 Å². The first kappa shape index (κ1) is 27.9. The third-order valence-corrected chi connectivity index (χ3v) is 8.90. The highest BCUT2D eigenvalue weighted by molar-refractivity contribution is 7.92. The number of hydrogen-bond acceptors (Lipinski definition) is 4. The summed E-state index contributed by atoms with van der Waals surface area (Å²) in [4.78, 5) is 19.3. The zero-order valence-corrected chi connectivity index (χ0v) is 24.3. The minimum absolute atomic E-state index is 0.0687. The molecule has 1 aliphatic heterocycles. The molecule has 7 nitrogen and oxygen atoms in total. The molecular formula is C32H38N4O3S. The number of nitrogens with one attached hydrogen (secondary N) is 3. The first-order chi connectivity index (χ1) is 19.1. The molecule has 8 heteroatoms. The summed E-state index contributed by atoms with van der Waals surface area (Å²) in [5.74, 6) is -0.169. The molecule has 5 rings (SSSR count). The van der Waals surface area contributed by atoms with Crippen LogP contribution in [0.4, 0.5) is 5.69 Å². The van der Waals surface area contributed by atoms with Gasteiger partial charge in [-0.05, 0) is 85.8 Å². The molecule has 3 N–H and O–H groups in total. The van der Waals surface area contributed by atoms with Gasteiger partial charge in [-0.15, -0.1) is 0 Å². The van der Waals surface area contributed by atoms with Crippen molar-refractivity contribution in [3.8, 4) is 11.1 Å². The van der Waals surface area contributed by atoms with Crippen molar-refractivity contribution in [3.05, 3.63) is 84.1 Å². The lowest BCUT2D eigenvalue weighted by molar-refractivity contribution is 0.0948. The molecule has 0 radical (unpaired) electrons. The minimum atomic E-state index is -3.80. The molecule has 0 saturated carbocycles. The van der Waals surface area contributed by atoms with Gasteiger partial charge in [0.1, 0.15) is 5.69 Å². The van der Waals surface area contributed by atoms with Crippen molar-refractivity contribution in [2.75, 3.05) is 30.9 Å². The van der Waals surface area contributed by atoms with Crippen molar-refractivity contribution < 1.29 is 13.2 Å². The molecule has 3 aromatic carbocycles. The zero-order valence-electron chi connectivity index (χ0n) is 23.5. The van der Waals surface area contributed by atoms with E-state index in [1.807, 2.05) is 48.5 Å². The number of amides is 1. The largest absolute Gasteiger partial charge is 0.351 e. The smallest absolute Gasteiger partial charge is 0.268 e. The van der Waals surface area contributed by atoms with Crippen molar-refractivity contribution in [3.63, 3.8) is 0 Å². The number of aromatic nitrogens is 1. The second-order valence-electron chi connectivity index (χ2n) is 11.5. The van der Waals surface area contributed by atoms with Crippen LogP contribution in [0.5, 0.6) is 0 Å². The molecule has 1 saturated heterocycles. The Balaban J connectivity index is 1.41. The highest BCUT2D eigenvalue weighted by Gasteiger charge is 2.22. The number of H-pyrrole nitrogens is 1. The van der Waals surface area contributed by atoms with Crippen LogP contribution in [-0.2, 0) is 15.4 Å². The van der Waals surface area contributed by atoms with Gasteiger partial charge in [0.25, 0.3) is 15.9 Å². The van der Waals surface area contributed by atoms with E-state index >= 15 is 0 Å². The van der Waals surface area contributed by atoms with Crippen LogP contribution < -0.4 is 10.0 Å². The van der Waals surface area contributed by atoms with Crippen molar-refractivity contribution >= 4 is 32.5 Å². The Morgan fingerprint density at radius 1 is 0.950 bits per heavy atom. The minimum Gasteiger partial charge on any atom is -0.351 e. The van der Waals surface area contributed by atoms with Crippen molar-refractivity contribution in [2.45, 2.75) is 50.3 Å². The highest BCUT2D eigenvalue weighted by Crippen LogP contribution is 2.35. The maximum atomic E-state index is 13.3. The molecule has 0 atom stereocenters. The van der Waals surface area contributed by atoms with E-state index in [1.165, 1.54) is 12.8 Å². The lowest BCUT2D eigenvalue weighted by Gasteiger charge is -2.19. The van der Waals surface area contributed by atoms with Gasteiger partial charge in [-0.25, -0.2) is 8.42 Å². The normalized spacial score (nSPS) is 14.5. The molecule has 1 amide bonds. The summed E-state index contributed by atoms with van der Waals surface area (Å²) in [6.45, 7) is 10.1. The Kier molecular flexibility index (Phi) is 8.01. The fourth-order valence-electron chi connectivity index (χ4n) is 5.28. The van der Waals surface area contributed by atoms with Gasteiger partial charge in [0, 0.05) is 28.7 Å². The number of carbonyl (C=O) groups excluding carboxylic acids is 1. The van der Waals surface area contributed by atoms with E-state index in [4.69, 9.17) is 0 Å². The Bertz CT molecular complexity index is 1580. The molecular weight excluding hydrogens is 520 g/mol. The van der Waals surface area contributed by atoms with E-state index < -0.39 is 10.0 Å². The number of aromatic amines is 1. The number of nitrogens with zero attached hydrogens (tertiary/aromatic N) is 1. The second kappa shape index (κ2) is 11.5. The monoisotopic (exact) mass is 558 g/mol. The molecule has 0 bridgehead atoms. The van der Waals surface area contributed by atoms with Crippen molar-refractivity contribution in [1.82, 2.24) is 15.2 Å². The van der Waals surface area contributed by atoms with Gasteiger partial charge in [0.15, 0.2) is 0 Å². The first-order valence-electron chi connectivity index (χ1n) is 14.0. The maximum absolute atomic E-state index is 13.3. The summed E-state index contributed by atoms with van der Waals surface area (Å²) in [5, 5.41) is 3.85. The number of hydrogen-bond donors (Lipinski definition) is 3. The van der Waals surface area contributed by atoms with Crippen LogP contribution in [0.25, 0.3) is 22.0 Å². The van der Waals surface area contributed by atoms with Gasteiger partial charge >= 0.3 is 0 Å². The summed E-state index contributed by atoms with van der Waals surface area (Å²) in [5.41, 5.74) is 4.30. The van der Waals surface area contributed by atoms with Crippen molar-refractivity contribution in [2.24, 2.45) is 0 Å². The van der Waals surface area contributed by atoms with Crippen LogP contribution in [-0.4, -0.2) is 50.4 Å². The van der Waals surface area contributed by atoms with E-state index in [2.05, 4.69) is 40.7 Å². The molecule has 40 heavy (non-hydrogen) atoms. The van der Waals surface area contributed by atoms with Gasteiger partial charge in [-0.1, -0.05) is 63.2 Å². The van der Waals surface area contributed by atoms with Crippen LogP contribution in [0.2, 0.25) is 0 Å². The van der Waals surface area contributed by atoms with Crippen LogP contribution in [0.1, 0.15) is 56.1 Å². The second-order valence-corrected chi connectivity index (χ2v) is 13.2. The fourth-order valence-corrected chi connectivity index (χ4v) is 6.33. The highest BCUT2D eigenvalue weighted by atomic mass is 32.2. The lowest BCUT2D eigenvalue weighted by atomic mass is 9.87. The van der Waals surface area contributed by atoms with Crippen LogP contribution in [0.3, 0.4) is 0 Å². The van der Waals surface area contributed by atoms with E-state index in [9.17, 15) is 13.2 Å². The Labute approximate surface area is 237 Å². The van der Waals surface area contributed by atoms with E-state index in [1.54, 1.807) is 24.3 Å². The molecule has 0 spiro atoms. The first-order valence-corrected chi connectivity index (χ1v) is 15.5. The SMILES string of the molecule is CC(C)(C)c1ccc(S(=O)(=O)Nc2ccc3[nH]c(C(=O)NCCCN4CCCC4)c(-c4ccccc4)c3c2)cc1.